The molecule has 0 aliphatic heterocycles. The number of rotatable bonds is 3. The molecule has 0 amide bonds. The van der Waals surface area contributed by atoms with E-state index >= 15 is 0 Å². The third kappa shape index (κ3) is 3.01. The van der Waals surface area contributed by atoms with Crippen molar-refractivity contribution >= 4 is 10.9 Å². The molecule has 28 heavy (non-hydrogen) atoms. The minimum Gasteiger partial charge on any atom is -0.256 e. The standard InChI is InChI=1S/C24H16N4/c1-2-8-20-19(7-1)18(11-14-27-20)17-15-23(21-9-3-5-12-25-21)28-24(16-17)22-10-4-6-13-26-22/h1-16H. The number of hydrogen-bond acceptors (Lipinski definition) is 4. The van der Waals surface area contributed by atoms with Crippen molar-refractivity contribution in [2.24, 2.45) is 0 Å². The fourth-order valence-electron chi connectivity index (χ4n) is 3.32. The topological polar surface area (TPSA) is 51.6 Å². The zero-order valence-corrected chi connectivity index (χ0v) is 15.0. The molecule has 4 heterocycles. The number of hydrogen-bond donors (Lipinski definition) is 0. The van der Waals surface area contributed by atoms with Gasteiger partial charge in [0.25, 0.3) is 0 Å². The first-order chi connectivity index (χ1) is 13.9. The highest BCUT2D eigenvalue weighted by molar-refractivity contribution is 5.95. The lowest BCUT2D eigenvalue weighted by atomic mass is 9.99. The maximum atomic E-state index is 4.84. The lowest BCUT2D eigenvalue weighted by Gasteiger charge is -2.11. The van der Waals surface area contributed by atoms with Crippen molar-refractivity contribution in [2.45, 2.75) is 0 Å². The molecular formula is C24H16N4. The summed E-state index contributed by atoms with van der Waals surface area (Å²) in [5.41, 5.74) is 6.45. The SMILES string of the molecule is c1ccc(-c2cc(-c3ccnc4ccccc34)cc(-c3ccccn3)n2)nc1. The van der Waals surface area contributed by atoms with E-state index in [9.17, 15) is 0 Å². The second-order valence-corrected chi connectivity index (χ2v) is 6.43. The fraction of sp³-hybridized carbons (Fsp3) is 0. The number of benzene rings is 1. The molecule has 5 rings (SSSR count). The van der Waals surface area contributed by atoms with Crippen LogP contribution in [-0.2, 0) is 0 Å². The van der Waals surface area contributed by atoms with Crippen LogP contribution in [0.4, 0.5) is 0 Å². The Morgan fingerprint density at radius 2 is 1.14 bits per heavy atom. The summed E-state index contributed by atoms with van der Waals surface area (Å²) < 4.78 is 0. The maximum absolute atomic E-state index is 4.84. The minimum absolute atomic E-state index is 0.819. The van der Waals surface area contributed by atoms with Gasteiger partial charge in [-0.2, -0.15) is 0 Å². The number of pyridine rings is 4. The van der Waals surface area contributed by atoms with Crippen LogP contribution in [0, 0.1) is 0 Å². The first-order valence-electron chi connectivity index (χ1n) is 9.07. The van der Waals surface area contributed by atoms with Crippen LogP contribution >= 0.6 is 0 Å². The average molecular weight is 360 g/mol. The summed E-state index contributed by atoms with van der Waals surface area (Å²) in [5, 5.41) is 1.11. The number of fused-ring (bicyclic) bond motifs is 1. The van der Waals surface area contributed by atoms with Crippen LogP contribution in [0.1, 0.15) is 0 Å². The van der Waals surface area contributed by atoms with Crippen molar-refractivity contribution in [2.75, 3.05) is 0 Å². The predicted molar refractivity (Wildman–Crippen MR) is 111 cm³/mol. The molecule has 4 nitrogen and oxygen atoms in total. The predicted octanol–water partition coefficient (Wildman–Crippen LogP) is 5.42. The summed E-state index contributed by atoms with van der Waals surface area (Å²) >= 11 is 0. The second-order valence-electron chi connectivity index (χ2n) is 6.43. The van der Waals surface area contributed by atoms with E-state index in [0.29, 0.717) is 0 Å². The quantitative estimate of drug-likeness (QED) is 0.431. The van der Waals surface area contributed by atoms with Gasteiger partial charge in [-0.05, 0) is 59.7 Å². The molecular weight excluding hydrogens is 344 g/mol. The van der Waals surface area contributed by atoms with E-state index in [1.165, 1.54) is 0 Å². The van der Waals surface area contributed by atoms with Gasteiger partial charge in [-0.25, -0.2) is 4.98 Å². The van der Waals surface area contributed by atoms with Gasteiger partial charge in [-0.3, -0.25) is 15.0 Å². The summed E-state index contributed by atoms with van der Waals surface area (Å²) in [5.74, 6) is 0. The van der Waals surface area contributed by atoms with Crippen LogP contribution in [0.25, 0.3) is 44.8 Å². The van der Waals surface area contributed by atoms with E-state index in [-0.39, 0.29) is 0 Å². The monoisotopic (exact) mass is 360 g/mol. The van der Waals surface area contributed by atoms with Crippen molar-refractivity contribution in [1.82, 2.24) is 19.9 Å². The highest BCUT2D eigenvalue weighted by Crippen LogP contribution is 2.32. The molecule has 0 N–H and O–H groups in total. The van der Waals surface area contributed by atoms with Crippen molar-refractivity contribution < 1.29 is 0 Å². The zero-order chi connectivity index (χ0) is 18.8. The Labute approximate surface area is 162 Å². The molecule has 0 spiro atoms. The maximum Gasteiger partial charge on any atom is 0.0900 e. The zero-order valence-electron chi connectivity index (χ0n) is 15.0. The van der Waals surface area contributed by atoms with E-state index in [4.69, 9.17) is 4.98 Å². The highest BCUT2D eigenvalue weighted by Gasteiger charge is 2.12. The molecule has 0 atom stereocenters. The van der Waals surface area contributed by atoms with Gasteiger partial charge >= 0.3 is 0 Å². The third-order valence-electron chi connectivity index (χ3n) is 4.64. The van der Waals surface area contributed by atoms with Gasteiger partial charge in [0.1, 0.15) is 0 Å². The molecule has 4 heteroatoms. The van der Waals surface area contributed by atoms with Gasteiger partial charge in [0, 0.05) is 24.0 Å². The summed E-state index contributed by atoms with van der Waals surface area (Å²) in [6.07, 6.45) is 5.41. The van der Waals surface area contributed by atoms with Crippen molar-refractivity contribution in [3.8, 4) is 33.9 Å². The van der Waals surface area contributed by atoms with Gasteiger partial charge in [-0.15, -0.1) is 0 Å². The first kappa shape index (κ1) is 16.3. The Bertz CT molecular complexity index is 1190. The lowest BCUT2D eigenvalue weighted by molar-refractivity contribution is 1.22. The molecule has 0 saturated heterocycles. The lowest BCUT2D eigenvalue weighted by Crippen LogP contribution is -1.94. The second kappa shape index (κ2) is 7.00. The number of aromatic nitrogens is 4. The Morgan fingerprint density at radius 1 is 0.500 bits per heavy atom. The van der Waals surface area contributed by atoms with E-state index < -0.39 is 0 Å². The van der Waals surface area contributed by atoms with E-state index in [1.54, 1.807) is 12.4 Å². The van der Waals surface area contributed by atoms with Gasteiger partial charge in [0.15, 0.2) is 0 Å². The van der Waals surface area contributed by atoms with Gasteiger partial charge in [-0.1, -0.05) is 30.3 Å². The van der Waals surface area contributed by atoms with Crippen LogP contribution in [0.3, 0.4) is 0 Å². The van der Waals surface area contributed by atoms with Crippen LogP contribution in [0.2, 0.25) is 0 Å². The average Bonchev–Trinajstić information content (AvgIpc) is 2.79. The Balaban J connectivity index is 1.78. The molecule has 0 radical (unpaired) electrons. The van der Waals surface area contributed by atoms with Gasteiger partial charge in [0.2, 0.25) is 0 Å². The van der Waals surface area contributed by atoms with Gasteiger partial charge in [0.05, 0.1) is 28.3 Å². The Morgan fingerprint density at radius 3 is 1.79 bits per heavy atom. The molecule has 0 saturated carbocycles. The molecule has 0 bridgehead atoms. The molecule has 0 aliphatic rings. The van der Waals surface area contributed by atoms with Crippen molar-refractivity contribution in [1.29, 1.82) is 0 Å². The first-order valence-corrected chi connectivity index (χ1v) is 9.07. The van der Waals surface area contributed by atoms with E-state index in [2.05, 4.69) is 33.2 Å². The molecule has 1 aromatic carbocycles. The molecule has 0 fully saturated rings. The Kier molecular flexibility index (Phi) is 4.07. The molecule has 5 aromatic rings. The molecule has 4 aromatic heterocycles. The summed E-state index contributed by atoms with van der Waals surface area (Å²) in [6, 6.07) is 26.1. The normalized spacial score (nSPS) is 10.9. The largest absolute Gasteiger partial charge is 0.256 e. The molecule has 0 unspecified atom stereocenters. The third-order valence-corrected chi connectivity index (χ3v) is 4.64. The minimum atomic E-state index is 0.819. The summed E-state index contributed by atoms with van der Waals surface area (Å²) in [4.78, 5) is 18.3. The van der Waals surface area contributed by atoms with Crippen LogP contribution in [-0.4, -0.2) is 19.9 Å². The smallest absolute Gasteiger partial charge is 0.0900 e. The molecule has 0 aliphatic carbocycles. The van der Waals surface area contributed by atoms with Crippen molar-refractivity contribution in [3.05, 3.63) is 97.5 Å². The number of para-hydroxylation sites is 1. The summed E-state index contributed by atoms with van der Waals surface area (Å²) in [7, 11) is 0. The van der Waals surface area contributed by atoms with E-state index in [1.807, 2.05) is 66.9 Å². The summed E-state index contributed by atoms with van der Waals surface area (Å²) in [6.45, 7) is 0. The Hall–Kier alpha value is -3.92. The van der Waals surface area contributed by atoms with E-state index in [0.717, 1.165) is 44.8 Å². The van der Waals surface area contributed by atoms with Crippen LogP contribution in [0.15, 0.2) is 97.5 Å². The van der Waals surface area contributed by atoms with Crippen molar-refractivity contribution in [3.63, 3.8) is 0 Å². The highest BCUT2D eigenvalue weighted by atomic mass is 14.8. The fourth-order valence-corrected chi connectivity index (χ4v) is 3.32. The number of nitrogens with zero attached hydrogens (tertiary/aromatic N) is 4. The van der Waals surface area contributed by atoms with Crippen LogP contribution < -0.4 is 0 Å². The molecule has 132 valence electrons. The van der Waals surface area contributed by atoms with Crippen LogP contribution in [0.5, 0.6) is 0 Å². The van der Waals surface area contributed by atoms with Gasteiger partial charge < -0.3 is 0 Å².